The van der Waals surface area contributed by atoms with Crippen molar-refractivity contribution >= 4 is 11.9 Å². The minimum atomic E-state index is -0.625. The Balaban J connectivity index is 1.92. The molecule has 0 aliphatic carbocycles. The van der Waals surface area contributed by atoms with Gasteiger partial charge in [-0.2, -0.15) is 0 Å². The fourth-order valence-electron chi connectivity index (χ4n) is 2.25. The fraction of sp³-hybridized carbons (Fsp3) is 0.263. The predicted molar refractivity (Wildman–Crippen MR) is 92.8 cm³/mol. The summed E-state index contributed by atoms with van der Waals surface area (Å²) >= 11 is 0. The number of nitrogens with one attached hydrogen (secondary N) is 1. The maximum atomic E-state index is 12.1. The van der Waals surface area contributed by atoms with Crippen molar-refractivity contribution in [1.82, 2.24) is 5.32 Å². The highest BCUT2D eigenvalue weighted by Crippen LogP contribution is 2.23. The number of carbonyl (C=O) groups is 2. The van der Waals surface area contributed by atoms with Crippen molar-refractivity contribution in [3.8, 4) is 11.5 Å². The Morgan fingerprint density at radius 3 is 2.16 bits per heavy atom. The Hall–Kier alpha value is -3.02. The summed E-state index contributed by atoms with van der Waals surface area (Å²) < 4.78 is 15.3. The summed E-state index contributed by atoms with van der Waals surface area (Å²) in [5, 5.41) is 2.78. The molecule has 0 fully saturated rings. The van der Waals surface area contributed by atoms with Crippen LogP contribution in [0.3, 0.4) is 0 Å². The van der Waals surface area contributed by atoms with E-state index < -0.39 is 5.97 Å². The van der Waals surface area contributed by atoms with Crippen molar-refractivity contribution in [2.45, 2.75) is 13.0 Å². The molecule has 0 radical (unpaired) electrons. The number of rotatable bonds is 7. The molecule has 0 aliphatic rings. The van der Waals surface area contributed by atoms with Crippen LogP contribution in [0.2, 0.25) is 0 Å². The number of amides is 1. The summed E-state index contributed by atoms with van der Waals surface area (Å²) in [6, 6.07) is 14.0. The van der Waals surface area contributed by atoms with Crippen LogP contribution in [0.1, 0.15) is 28.9 Å². The second-order valence-electron chi connectivity index (χ2n) is 5.38. The lowest BCUT2D eigenvalue weighted by Crippen LogP contribution is -2.31. The van der Waals surface area contributed by atoms with Crippen LogP contribution in [0.25, 0.3) is 0 Å². The molecule has 1 atom stereocenters. The van der Waals surface area contributed by atoms with Gasteiger partial charge in [-0.1, -0.05) is 30.3 Å². The molecule has 0 bridgehead atoms. The first-order chi connectivity index (χ1) is 12.0. The predicted octanol–water partition coefficient (Wildman–Crippen LogP) is 2.74. The van der Waals surface area contributed by atoms with Crippen molar-refractivity contribution in [3.05, 3.63) is 59.7 Å². The van der Waals surface area contributed by atoms with Gasteiger partial charge >= 0.3 is 5.97 Å². The van der Waals surface area contributed by atoms with Crippen LogP contribution < -0.4 is 14.8 Å². The van der Waals surface area contributed by atoms with E-state index >= 15 is 0 Å². The third kappa shape index (κ3) is 5.24. The summed E-state index contributed by atoms with van der Waals surface area (Å²) in [6.45, 7) is 1.50. The normalized spacial score (nSPS) is 11.3. The molecule has 2 rings (SSSR count). The highest BCUT2D eigenvalue weighted by atomic mass is 16.5. The Morgan fingerprint density at radius 1 is 1.00 bits per heavy atom. The second-order valence-corrected chi connectivity index (χ2v) is 5.38. The highest BCUT2D eigenvalue weighted by molar-refractivity contribution is 5.92. The molecular weight excluding hydrogens is 322 g/mol. The molecule has 0 spiro atoms. The SMILES string of the molecule is COc1cc(OC)cc(C(=O)OCC(=O)N[C@H](C)c2ccccc2)c1. The van der Waals surface area contributed by atoms with Crippen molar-refractivity contribution in [2.24, 2.45) is 0 Å². The van der Waals surface area contributed by atoms with Gasteiger partial charge in [0, 0.05) is 6.07 Å². The first kappa shape index (κ1) is 18.3. The molecule has 6 heteroatoms. The average molecular weight is 343 g/mol. The van der Waals surface area contributed by atoms with Gasteiger partial charge in [-0.05, 0) is 24.6 Å². The van der Waals surface area contributed by atoms with Gasteiger partial charge in [0.15, 0.2) is 6.61 Å². The molecule has 132 valence electrons. The molecule has 2 aromatic rings. The minimum absolute atomic E-state index is 0.177. The quantitative estimate of drug-likeness (QED) is 0.783. The number of ether oxygens (including phenoxy) is 3. The third-order valence-electron chi connectivity index (χ3n) is 3.60. The van der Waals surface area contributed by atoms with Gasteiger partial charge in [0.05, 0.1) is 25.8 Å². The Labute approximate surface area is 146 Å². The number of benzene rings is 2. The summed E-state index contributed by atoms with van der Waals surface area (Å²) in [6.07, 6.45) is 0. The summed E-state index contributed by atoms with van der Waals surface area (Å²) in [5.41, 5.74) is 1.22. The molecule has 25 heavy (non-hydrogen) atoms. The molecule has 0 aromatic heterocycles. The molecule has 0 unspecified atom stereocenters. The zero-order valence-corrected chi connectivity index (χ0v) is 14.4. The largest absolute Gasteiger partial charge is 0.497 e. The van der Waals surface area contributed by atoms with Gasteiger partial charge in [0.1, 0.15) is 11.5 Å². The van der Waals surface area contributed by atoms with Crippen molar-refractivity contribution in [1.29, 1.82) is 0 Å². The number of methoxy groups -OCH3 is 2. The molecule has 0 saturated heterocycles. The lowest BCUT2D eigenvalue weighted by Gasteiger charge is -2.14. The van der Waals surface area contributed by atoms with Gasteiger partial charge in [-0.15, -0.1) is 0 Å². The zero-order valence-electron chi connectivity index (χ0n) is 14.4. The van der Waals surface area contributed by atoms with Crippen LogP contribution in [-0.2, 0) is 9.53 Å². The highest BCUT2D eigenvalue weighted by Gasteiger charge is 2.15. The van der Waals surface area contributed by atoms with Gasteiger partial charge < -0.3 is 19.5 Å². The van der Waals surface area contributed by atoms with Gasteiger partial charge in [0.25, 0.3) is 5.91 Å². The van der Waals surface area contributed by atoms with Gasteiger partial charge in [-0.3, -0.25) is 4.79 Å². The van der Waals surface area contributed by atoms with E-state index in [1.54, 1.807) is 6.07 Å². The first-order valence-electron chi connectivity index (χ1n) is 7.78. The third-order valence-corrected chi connectivity index (χ3v) is 3.60. The number of carbonyl (C=O) groups excluding carboxylic acids is 2. The molecule has 1 amide bonds. The zero-order chi connectivity index (χ0) is 18.2. The second kappa shape index (κ2) is 8.73. The Morgan fingerprint density at radius 2 is 1.60 bits per heavy atom. The summed E-state index contributed by atoms with van der Waals surface area (Å²) in [5.74, 6) is -0.0684. The van der Waals surface area contributed by atoms with E-state index in [1.165, 1.54) is 26.4 Å². The van der Waals surface area contributed by atoms with E-state index in [-0.39, 0.29) is 24.1 Å². The van der Waals surface area contributed by atoms with Gasteiger partial charge in [0.2, 0.25) is 0 Å². The Kier molecular flexibility index (Phi) is 6.39. The fourth-order valence-corrected chi connectivity index (χ4v) is 2.25. The van der Waals surface area contributed by atoms with Crippen molar-refractivity contribution < 1.29 is 23.8 Å². The summed E-state index contributed by atoms with van der Waals surface area (Å²) in [7, 11) is 2.98. The van der Waals surface area contributed by atoms with Crippen LogP contribution in [-0.4, -0.2) is 32.7 Å². The average Bonchev–Trinajstić information content (AvgIpc) is 2.66. The summed E-state index contributed by atoms with van der Waals surface area (Å²) in [4.78, 5) is 24.1. The van der Waals surface area contributed by atoms with E-state index in [9.17, 15) is 9.59 Å². The molecule has 2 aromatic carbocycles. The van der Waals surface area contributed by atoms with Crippen LogP contribution in [0.15, 0.2) is 48.5 Å². The lowest BCUT2D eigenvalue weighted by molar-refractivity contribution is -0.124. The van der Waals surface area contributed by atoms with Crippen molar-refractivity contribution in [3.63, 3.8) is 0 Å². The standard InChI is InChI=1S/C19H21NO5/c1-13(14-7-5-4-6-8-14)20-18(21)12-25-19(22)15-9-16(23-2)11-17(10-15)24-3/h4-11,13H,12H2,1-3H3,(H,20,21)/t13-/m1/s1. The minimum Gasteiger partial charge on any atom is -0.497 e. The molecular formula is C19H21NO5. The van der Waals surface area contributed by atoms with Crippen LogP contribution in [0.4, 0.5) is 0 Å². The van der Waals surface area contributed by atoms with E-state index in [4.69, 9.17) is 14.2 Å². The first-order valence-corrected chi connectivity index (χ1v) is 7.78. The number of esters is 1. The van der Waals surface area contributed by atoms with E-state index in [1.807, 2.05) is 37.3 Å². The number of hydrogen-bond acceptors (Lipinski definition) is 5. The van der Waals surface area contributed by atoms with E-state index in [2.05, 4.69) is 5.32 Å². The van der Waals surface area contributed by atoms with Crippen LogP contribution >= 0.6 is 0 Å². The van der Waals surface area contributed by atoms with Crippen LogP contribution in [0, 0.1) is 0 Å². The lowest BCUT2D eigenvalue weighted by atomic mass is 10.1. The van der Waals surface area contributed by atoms with Gasteiger partial charge in [-0.25, -0.2) is 4.79 Å². The molecule has 0 heterocycles. The van der Waals surface area contributed by atoms with E-state index in [0.717, 1.165) is 5.56 Å². The van der Waals surface area contributed by atoms with Crippen LogP contribution in [0.5, 0.6) is 11.5 Å². The smallest absolute Gasteiger partial charge is 0.338 e. The molecule has 0 saturated carbocycles. The number of hydrogen-bond donors (Lipinski definition) is 1. The van der Waals surface area contributed by atoms with E-state index in [0.29, 0.717) is 11.5 Å². The maximum Gasteiger partial charge on any atom is 0.338 e. The molecule has 0 aliphatic heterocycles. The molecule has 6 nitrogen and oxygen atoms in total. The van der Waals surface area contributed by atoms with Crippen molar-refractivity contribution in [2.75, 3.05) is 20.8 Å². The molecule has 1 N–H and O–H groups in total. The Bertz CT molecular complexity index is 708. The topological polar surface area (TPSA) is 73.9 Å². The maximum absolute atomic E-state index is 12.1. The monoisotopic (exact) mass is 343 g/mol.